The lowest BCUT2D eigenvalue weighted by Crippen LogP contribution is -1.90. The molecule has 1 nitrogen and oxygen atoms in total. The van der Waals surface area contributed by atoms with Crippen molar-refractivity contribution in [2.24, 2.45) is 0 Å². The molecule has 0 aliphatic heterocycles. The SMILES string of the molecule is COc1ccccc1-c1ccc(Cc2cc(I)ccc2C)s1. The molecule has 3 rings (SSSR count). The molecule has 22 heavy (non-hydrogen) atoms. The normalized spacial score (nSPS) is 10.7. The Kier molecular flexibility index (Phi) is 4.84. The van der Waals surface area contributed by atoms with Gasteiger partial charge < -0.3 is 4.74 Å². The van der Waals surface area contributed by atoms with E-state index in [4.69, 9.17) is 4.74 Å². The van der Waals surface area contributed by atoms with Crippen molar-refractivity contribution in [2.75, 3.05) is 7.11 Å². The van der Waals surface area contributed by atoms with Crippen LogP contribution in [0.4, 0.5) is 0 Å². The lowest BCUT2D eigenvalue weighted by atomic mass is 10.1. The summed E-state index contributed by atoms with van der Waals surface area (Å²) in [7, 11) is 1.72. The van der Waals surface area contributed by atoms with E-state index in [0.717, 1.165) is 12.2 Å². The third-order valence-electron chi connectivity index (χ3n) is 3.71. The zero-order valence-electron chi connectivity index (χ0n) is 12.6. The lowest BCUT2D eigenvalue weighted by Gasteiger charge is -2.06. The minimum Gasteiger partial charge on any atom is -0.496 e. The van der Waals surface area contributed by atoms with Gasteiger partial charge in [0.1, 0.15) is 5.75 Å². The first-order valence-corrected chi connectivity index (χ1v) is 9.04. The smallest absolute Gasteiger partial charge is 0.127 e. The molecule has 0 fully saturated rings. The molecular formula is C19H17IOS. The number of rotatable bonds is 4. The lowest BCUT2D eigenvalue weighted by molar-refractivity contribution is 0.416. The van der Waals surface area contributed by atoms with Gasteiger partial charge in [0.2, 0.25) is 0 Å². The van der Waals surface area contributed by atoms with Crippen LogP contribution >= 0.6 is 33.9 Å². The van der Waals surface area contributed by atoms with E-state index in [0.29, 0.717) is 0 Å². The van der Waals surface area contributed by atoms with Crippen LogP contribution in [-0.4, -0.2) is 7.11 Å². The Morgan fingerprint density at radius 1 is 1.05 bits per heavy atom. The van der Waals surface area contributed by atoms with Gasteiger partial charge in [-0.2, -0.15) is 0 Å². The van der Waals surface area contributed by atoms with Crippen LogP contribution < -0.4 is 4.74 Å². The number of methoxy groups -OCH3 is 1. The van der Waals surface area contributed by atoms with E-state index in [2.05, 4.69) is 72.0 Å². The molecule has 0 saturated carbocycles. The molecule has 3 heteroatoms. The average Bonchev–Trinajstić information content (AvgIpc) is 2.99. The summed E-state index contributed by atoms with van der Waals surface area (Å²) >= 11 is 4.22. The van der Waals surface area contributed by atoms with Crippen LogP contribution in [0.15, 0.2) is 54.6 Å². The Bertz CT molecular complexity index is 792. The number of hydrogen-bond donors (Lipinski definition) is 0. The molecule has 112 valence electrons. The van der Waals surface area contributed by atoms with Gasteiger partial charge in [0.05, 0.1) is 7.11 Å². The van der Waals surface area contributed by atoms with Gasteiger partial charge in [0.25, 0.3) is 0 Å². The second-order valence-corrected chi connectivity index (χ2v) is 7.63. The van der Waals surface area contributed by atoms with Crippen molar-refractivity contribution in [1.29, 1.82) is 0 Å². The van der Waals surface area contributed by atoms with Gasteiger partial charge in [-0.1, -0.05) is 18.2 Å². The highest BCUT2D eigenvalue weighted by atomic mass is 127. The number of hydrogen-bond acceptors (Lipinski definition) is 2. The monoisotopic (exact) mass is 420 g/mol. The van der Waals surface area contributed by atoms with E-state index >= 15 is 0 Å². The molecule has 0 unspecified atom stereocenters. The Balaban J connectivity index is 1.89. The van der Waals surface area contributed by atoms with Crippen molar-refractivity contribution in [3.8, 4) is 16.2 Å². The van der Waals surface area contributed by atoms with Crippen molar-refractivity contribution in [2.45, 2.75) is 13.3 Å². The maximum Gasteiger partial charge on any atom is 0.127 e. The molecule has 0 radical (unpaired) electrons. The van der Waals surface area contributed by atoms with E-state index < -0.39 is 0 Å². The Morgan fingerprint density at radius 2 is 1.86 bits per heavy atom. The third-order valence-corrected chi connectivity index (χ3v) is 5.50. The number of para-hydroxylation sites is 1. The van der Waals surface area contributed by atoms with E-state index in [1.807, 2.05) is 23.5 Å². The van der Waals surface area contributed by atoms with Crippen molar-refractivity contribution >= 4 is 33.9 Å². The highest BCUT2D eigenvalue weighted by molar-refractivity contribution is 14.1. The zero-order valence-corrected chi connectivity index (χ0v) is 15.6. The molecule has 0 aliphatic carbocycles. The molecule has 1 heterocycles. The second-order valence-electron chi connectivity index (χ2n) is 5.21. The molecule has 0 atom stereocenters. The highest BCUT2D eigenvalue weighted by Crippen LogP contribution is 2.35. The molecule has 0 amide bonds. The van der Waals surface area contributed by atoms with Gasteiger partial charge >= 0.3 is 0 Å². The van der Waals surface area contributed by atoms with Crippen molar-refractivity contribution < 1.29 is 4.74 Å². The number of ether oxygens (including phenoxy) is 1. The van der Waals surface area contributed by atoms with Crippen molar-refractivity contribution in [3.63, 3.8) is 0 Å². The number of benzene rings is 2. The Labute approximate surface area is 149 Å². The maximum absolute atomic E-state index is 5.47. The van der Waals surface area contributed by atoms with Crippen LogP contribution in [0, 0.1) is 10.5 Å². The largest absolute Gasteiger partial charge is 0.496 e. The molecule has 2 aromatic carbocycles. The topological polar surface area (TPSA) is 9.23 Å². The van der Waals surface area contributed by atoms with Crippen LogP contribution in [0.25, 0.3) is 10.4 Å². The first-order valence-electron chi connectivity index (χ1n) is 7.14. The molecule has 1 aromatic heterocycles. The molecule has 0 bridgehead atoms. The fourth-order valence-electron chi connectivity index (χ4n) is 2.48. The molecule has 0 N–H and O–H groups in total. The molecule has 0 saturated heterocycles. The first-order chi connectivity index (χ1) is 10.7. The highest BCUT2D eigenvalue weighted by Gasteiger charge is 2.09. The predicted molar refractivity (Wildman–Crippen MR) is 103 cm³/mol. The van der Waals surface area contributed by atoms with Crippen molar-refractivity contribution in [3.05, 3.63) is 74.2 Å². The van der Waals surface area contributed by atoms with Crippen LogP contribution in [0.5, 0.6) is 5.75 Å². The standard InChI is InChI=1S/C19H17IOS/c1-13-7-8-15(20)11-14(13)12-16-9-10-19(22-16)17-5-3-4-6-18(17)21-2/h3-11H,12H2,1-2H3. The van der Waals surface area contributed by atoms with Crippen LogP contribution in [0.1, 0.15) is 16.0 Å². The number of aryl methyl sites for hydroxylation is 1. The summed E-state index contributed by atoms with van der Waals surface area (Å²) < 4.78 is 6.76. The summed E-state index contributed by atoms with van der Waals surface area (Å²) in [5, 5.41) is 0. The van der Waals surface area contributed by atoms with Crippen LogP contribution in [0.2, 0.25) is 0 Å². The van der Waals surface area contributed by atoms with Crippen LogP contribution in [0.3, 0.4) is 0 Å². The summed E-state index contributed by atoms with van der Waals surface area (Å²) in [6, 6.07) is 19.3. The summed E-state index contributed by atoms with van der Waals surface area (Å²) in [5.74, 6) is 0.932. The number of halogens is 1. The maximum atomic E-state index is 5.47. The molecule has 0 aliphatic rings. The fraction of sp³-hybridized carbons (Fsp3) is 0.158. The Hall–Kier alpha value is -1.33. The van der Waals surface area contributed by atoms with E-state index in [1.165, 1.54) is 30.0 Å². The van der Waals surface area contributed by atoms with Gasteiger partial charge in [-0.3, -0.25) is 0 Å². The van der Waals surface area contributed by atoms with Gasteiger partial charge in [-0.25, -0.2) is 0 Å². The summed E-state index contributed by atoms with van der Waals surface area (Å²) in [6.07, 6.45) is 0.989. The molecular weight excluding hydrogens is 403 g/mol. The van der Waals surface area contributed by atoms with Crippen LogP contribution in [-0.2, 0) is 6.42 Å². The van der Waals surface area contributed by atoms with E-state index in [-0.39, 0.29) is 0 Å². The van der Waals surface area contributed by atoms with Gasteiger partial charge in [-0.05, 0) is 77.0 Å². The van der Waals surface area contributed by atoms with Gasteiger partial charge in [-0.15, -0.1) is 11.3 Å². The molecule has 0 spiro atoms. The summed E-state index contributed by atoms with van der Waals surface area (Å²) in [6.45, 7) is 2.18. The zero-order chi connectivity index (χ0) is 15.5. The van der Waals surface area contributed by atoms with Gasteiger partial charge in [0.15, 0.2) is 0 Å². The average molecular weight is 420 g/mol. The van der Waals surface area contributed by atoms with Gasteiger partial charge in [0, 0.05) is 25.3 Å². The number of thiophene rings is 1. The fourth-order valence-corrected chi connectivity index (χ4v) is 4.10. The Morgan fingerprint density at radius 3 is 2.68 bits per heavy atom. The quantitative estimate of drug-likeness (QED) is 0.476. The van der Waals surface area contributed by atoms with E-state index in [9.17, 15) is 0 Å². The van der Waals surface area contributed by atoms with E-state index in [1.54, 1.807) is 7.11 Å². The molecule has 3 aromatic rings. The van der Waals surface area contributed by atoms with Crippen molar-refractivity contribution in [1.82, 2.24) is 0 Å². The first kappa shape index (κ1) is 15.6. The predicted octanol–water partition coefficient (Wildman–Crippen LogP) is 5.93. The summed E-state index contributed by atoms with van der Waals surface area (Å²) in [4.78, 5) is 2.64. The minimum absolute atomic E-state index is 0.932. The summed E-state index contributed by atoms with van der Waals surface area (Å²) in [5.41, 5.74) is 3.92. The second kappa shape index (κ2) is 6.84. The minimum atomic E-state index is 0.932. The third kappa shape index (κ3) is 3.36.